The van der Waals surface area contributed by atoms with Gasteiger partial charge in [-0.3, -0.25) is 9.59 Å². The average Bonchev–Trinajstić information content (AvgIpc) is 3.36. The molecule has 0 saturated carbocycles. The van der Waals surface area contributed by atoms with Crippen LogP contribution in [0.4, 0.5) is 0 Å². The van der Waals surface area contributed by atoms with E-state index < -0.39 is 23.1 Å². The number of carbonyl (C=O) groups excluding carboxylic acids is 1. The lowest BCUT2D eigenvalue weighted by Crippen LogP contribution is -2.14. The molecule has 9 nitrogen and oxygen atoms in total. The van der Waals surface area contributed by atoms with Gasteiger partial charge in [-0.15, -0.1) is 11.8 Å². The smallest absolute Gasteiger partial charge is 0.306 e. The summed E-state index contributed by atoms with van der Waals surface area (Å²) in [6, 6.07) is 12.0. The summed E-state index contributed by atoms with van der Waals surface area (Å²) in [5.41, 5.74) is -0.0948. The van der Waals surface area contributed by atoms with Crippen LogP contribution in [0.1, 0.15) is 29.4 Å². The Morgan fingerprint density at radius 1 is 1.11 bits per heavy atom. The molecule has 35 heavy (non-hydrogen) atoms. The minimum absolute atomic E-state index is 0.0220. The molecule has 0 unspecified atom stereocenters. The van der Waals surface area contributed by atoms with Crippen molar-refractivity contribution in [2.24, 2.45) is 0 Å². The number of hydrogen-bond donors (Lipinski definition) is 1. The maximum atomic E-state index is 12.6. The van der Waals surface area contributed by atoms with Gasteiger partial charge >= 0.3 is 5.97 Å². The lowest BCUT2D eigenvalue weighted by molar-refractivity contribution is -0.140. The Morgan fingerprint density at radius 3 is 2.69 bits per heavy atom. The molecule has 0 saturated heterocycles. The van der Waals surface area contributed by atoms with Crippen molar-refractivity contribution in [2.45, 2.75) is 23.0 Å². The van der Waals surface area contributed by atoms with Crippen molar-refractivity contribution in [1.29, 1.82) is 0 Å². The highest BCUT2D eigenvalue weighted by atomic mass is 32.2. The van der Waals surface area contributed by atoms with Crippen LogP contribution < -0.4 is 24.4 Å². The number of rotatable bonds is 9. The Morgan fingerprint density at radius 2 is 1.94 bits per heavy atom. The molecule has 0 amide bonds. The van der Waals surface area contributed by atoms with Gasteiger partial charge in [0.2, 0.25) is 23.7 Å². The van der Waals surface area contributed by atoms with Crippen molar-refractivity contribution in [3.8, 4) is 28.7 Å². The zero-order chi connectivity index (χ0) is 24.9. The molecule has 1 N–H and O–H groups in total. The van der Waals surface area contributed by atoms with Gasteiger partial charge in [0.15, 0.2) is 17.3 Å². The van der Waals surface area contributed by atoms with Crippen LogP contribution >= 0.6 is 11.8 Å². The normalized spacial score (nSPS) is 12.8. The van der Waals surface area contributed by atoms with Crippen molar-refractivity contribution in [3.05, 3.63) is 69.8 Å². The fraction of sp³-hybridized carbons (Fsp3) is 0.280. The fourth-order valence-corrected chi connectivity index (χ4v) is 4.50. The van der Waals surface area contributed by atoms with Gasteiger partial charge in [-0.25, -0.2) is 0 Å². The molecule has 184 valence electrons. The number of ether oxygens (including phenoxy) is 5. The summed E-state index contributed by atoms with van der Waals surface area (Å²) in [7, 11) is 4.32. The van der Waals surface area contributed by atoms with E-state index in [9.17, 15) is 14.7 Å². The number of fused-ring (bicyclic) bond motifs is 1. The molecule has 1 aliphatic heterocycles. The third kappa shape index (κ3) is 5.32. The Bertz CT molecular complexity index is 1280. The number of benzene rings is 2. The van der Waals surface area contributed by atoms with Crippen molar-refractivity contribution in [1.82, 2.24) is 0 Å². The van der Waals surface area contributed by atoms with Crippen LogP contribution in [0.25, 0.3) is 0 Å². The summed E-state index contributed by atoms with van der Waals surface area (Å²) < 4.78 is 32.5. The molecular weight excluding hydrogens is 476 g/mol. The first-order valence-electron chi connectivity index (χ1n) is 10.6. The zero-order valence-corrected chi connectivity index (χ0v) is 20.2. The van der Waals surface area contributed by atoms with Crippen LogP contribution in [0.2, 0.25) is 0 Å². The lowest BCUT2D eigenvalue weighted by Gasteiger charge is -2.19. The van der Waals surface area contributed by atoms with Gasteiger partial charge in [0.05, 0.1) is 39.4 Å². The summed E-state index contributed by atoms with van der Waals surface area (Å²) in [4.78, 5) is 25.8. The summed E-state index contributed by atoms with van der Waals surface area (Å²) in [6.07, 6.45) is -0.192. The van der Waals surface area contributed by atoms with Crippen molar-refractivity contribution in [2.75, 3.05) is 28.1 Å². The second-order valence-corrected chi connectivity index (χ2v) is 8.60. The number of esters is 1. The molecule has 2 aromatic carbocycles. The third-order valence-corrected chi connectivity index (χ3v) is 6.44. The van der Waals surface area contributed by atoms with E-state index >= 15 is 0 Å². The zero-order valence-electron chi connectivity index (χ0n) is 19.4. The predicted molar refractivity (Wildman–Crippen MR) is 127 cm³/mol. The first kappa shape index (κ1) is 24.3. The molecule has 0 spiro atoms. The predicted octanol–water partition coefficient (Wildman–Crippen LogP) is 4.08. The second-order valence-electron chi connectivity index (χ2n) is 7.55. The average molecular weight is 501 g/mol. The molecule has 0 fully saturated rings. The maximum absolute atomic E-state index is 12.6. The highest BCUT2D eigenvalue weighted by Gasteiger charge is 2.30. The van der Waals surface area contributed by atoms with Crippen LogP contribution in [-0.2, 0) is 15.3 Å². The van der Waals surface area contributed by atoms with E-state index in [1.54, 1.807) is 19.2 Å². The van der Waals surface area contributed by atoms with E-state index in [2.05, 4.69) is 0 Å². The molecular formula is C25H24O9S. The molecule has 10 heteroatoms. The first-order chi connectivity index (χ1) is 16.9. The van der Waals surface area contributed by atoms with Gasteiger partial charge in [-0.2, -0.15) is 0 Å². The van der Waals surface area contributed by atoms with Gasteiger partial charge in [-0.1, -0.05) is 6.07 Å². The minimum Gasteiger partial charge on any atom is -0.502 e. The molecule has 4 rings (SSSR count). The minimum atomic E-state index is -0.847. The molecule has 2 heterocycles. The molecule has 1 aliphatic rings. The molecule has 1 aromatic heterocycles. The summed E-state index contributed by atoms with van der Waals surface area (Å²) in [6.45, 7) is 0.0220. The first-order valence-corrected chi connectivity index (χ1v) is 11.6. The Labute approximate surface area is 205 Å². The lowest BCUT2D eigenvalue weighted by atomic mass is 9.91. The highest BCUT2D eigenvalue weighted by Crippen LogP contribution is 2.45. The maximum Gasteiger partial charge on any atom is 0.306 e. The largest absolute Gasteiger partial charge is 0.502 e. The molecule has 0 aliphatic carbocycles. The number of thioether (sulfide) groups is 1. The van der Waals surface area contributed by atoms with Gasteiger partial charge < -0.3 is 33.2 Å². The number of methoxy groups -OCH3 is 3. The van der Waals surface area contributed by atoms with Crippen LogP contribution in [0.15, 0.2) is 56.6 Å². The van der Waals surface area contributed by atoms with Gasteiger partial charge in [0.1, 0.15) is 11.5 Å². The van der Waals surface area contributed by atoms with Crippen LogP contribution in [0.5, 0.6) is 28.7 Å². The fourth-order valence-electron chi connectivity index (χ4n) is 3.67. The number of hydrogen-bond acceptors (Lipinski definition) is 10. The second kappa shape index (κ2) is 10.6. The summed E-state index contributed by atoms with van der Waals surface area (Å²) in [5.74, 6) is 0.557. The van der Waals surface area contributed by atoms with Crippen LogP contribution in [0, 0.1) is 0 Å². The van der Waals surface area contributed by atoms with Crippen molar-refractivity contribution < 1.29 is 38.0 Å². The van der Waals surface area contributed by atoms with Gasteiger partial charge in [0.25, 0.3) is 0 Å². The van der Waals surface area contributed by atoms with Crippen LogP contribution in [-0.4, -0.2) is 39.2 Å². The molecule has 0 radical (unpaired) electrons. The van der Waals surface area contributed by atoms with Crippen molar-refractivity contribution >= 4 is 17.7 Å². The van der Waals surface area contributed by atoms with E-state index in [4.69, 9.17) is 28.1 Å². The summed E-state index contributed by atoms with van der Waals surface area (Å²) >= 11 is 1.43. The van der Waals surface area contributed by atoms with Gasteiger partial charge in [-0.05, 0) is 35.9 Å². The molecule has 1 atom stereocenters. The van der Waals surface area contributed by atoms with E-state index in [1.165, 1.54) is 32.0 Å². The monoisotopic (exact) mass is 500 g/mol. The molecule has 3 aromatic rings. The number of aromatic hydroxyl groups is 1. The molecule has 0 bridgehead atoms. The van der Waals surface area contributed by atoms with Gasteiger partial charge in [0, 0.05) is 11.0 Å². The Hall–Kier alpha value is -3.79. The van der Waals surface area contributed by atoms with E-state index in [0.717, 1.165) is 4.90 Å². The summed E-state index contributed by atoms with van der Waals surface area (Å²) in [5, 5.41) is 10.6. The quantitative estimate of drug-likeness (QED) is 0.341. The standard InChI is InChI=1S/C25H24O9S/c1-29-15-5-4-6-17(9-15)35-12-16-10-19(26)23(28)24(34-16)18(11-22(27)31-3)14-7-20(30-2)25-21(8-14)32-13-33-25/h4-10,18,28H,11-13H2,1-3H3/t18-/m1/s1. The topological polar surface area (TPSA) is 114 Å². The van der Waals surface area contributed by atoms with Crippen molar-refractivity contribution in [3.63, 3.8) is 0 Å². The number of carbonyl (C=O) groups is 1. The van der Waals surface area contributed by atoms with E-state index in [-0.39, 0.29) is 19.0 Å². The Balaban J connectivity index is 1.72. The Kier molecular flexibility index (Phi) is 7.40. The van der Waals surface area contributed by atoms with E-state index in [0.29, 0.717) is 40.1 Å². The SMILES string of the molecule is COC(=O)C[C@H](c1cc(OC)c2c(c1)OCO2)c1oc(CSc2cccc(OC)c2)cc(=O)c1O. The highest BCUT2D eigenvalue weighted by molar-refractivity contribution is 7.98. The van der Waals surface area contributed by atoms with Crippen LogP contribution in [0.3, 0.4) is 0 Å². The van der Waals surface area contributed by atoms with E-state index in [1.807, 2.05) is 24.3 Å². The third-order valence-electron chi connectivity index (χ3n) is 5.42.